The number of ether oxygens (including phenoxy) is 1. The highest BCUT2D eigenvalue weighted by Gasteiger charge is 2.05. The Labute approximate surface area is 143 Å². The number of hydrogen-bond acceptors (Lipinski definition) is 5. The standard InChI is InChI=1S/C15H14ClN3O3S/c1-22-11-4-2-10(3-5-11)18-15(23)19-17-8-9-6-12(16)14(21)13(20)7-9/h2-8,20-21H,1H3,(H2,18,19,23)/b17-8+. The zero-order valence-electron chi connectivity index (χ0n) is 12.1. The zero-order valence-corrected chi connectivity index (χ0v) is 13.6. The molecule has 0 radical (unpaired) electrons. The lowest BCUT2D eigenvalue weighted by Crippen LogP contribution is -2.23. The van der Waals surface area contributed by atoms with Crippen LogP contribution in [0.1, 0.15) is 5.56 Å². The highest BCUT2D eigenvalue weighted by atomic mass is 35.5. The number of anilines is 1. The summed E-state index contributed by atoms with van der Waals surface area (Å²) < 4.78 is 5.07. The molecule has 0 aliphatic carbocycles. The first-order valence-corrected chi connectivity index (χ1v) is 7.24. The lowest BCUT2D eigenvalue weighted by atomic mass is 10.2. The molecule has 0 aromatic heterocycles. The van der Waals surface area contributed by atoms with Gasteiger partial charge in [0, 0.05) is 5.69 Å². The van der Waals surface area contributed by atoms with Crippen molar-refractivity contribution in [1.29, 1.82) is 0 Å². The summed E-state index contributed by atoms with van der Waals surface area (Å²) >= 11 is 10.9. The van der Waals surface area contributed by atoms with Crippen molar-refractivity contribution in [1.82, 2.24) is 5.43 Å². The minimum atomic E-state index is -0.367. The molecule has 2 aromatic rings. The lowest BCUT2D eigenvalue weighted by molar-refractivity contribution is 0.404. The molecule has 120 valence electrons. The van der Waals surface area contributed by atoms with Gasteiger partial charge in [0.2, 0.25) is 0 Å². The Hall–Kier alpha value is -2.51. The minimum Gasteiger partial charge on any atom is -0.504 e. The van der Waals surface area contributed by atoms with Gasteiger partial charge in [-0.15, -0.1) is 0 Å². The van der Waals surface area contributed by atoms with Crippen LogP contribution in [0, 0.1) is 0 Å². The predicted octanol–water partition coefficient (Wildman–Crippen LogP) is 3.08. The highest BCUT2D eigenvalue weighted by molar-refractivity contribution is 7.80. The molecule has 0 unspecified atom stereocenters. The molecule has 6 nitrogen and oxygen atoms in total. The largest absolute Gasteiger partial charge is 0.504 e. The fourth-order valence-corrected chi connectivity index (χ4v) is 2.07. The SMILES string of the molecule is COc1ccc(NC(=S)N/N=C/c2cc(O)c(O)c(Cl)c2)cc1. The van der Waals surface area contributed by atoms with Crippen molar-refractivity contribution in [3.05, 3.63) is 47.0 Å². The summed E-state index contributed by atoms with van der Waals surface area (Å²) in [6.07, 6.45) is 1.41. The molecule has 23 heavy (non-hydrogen) atoms. The monoisotopic (exact) mass is 351 g/mol. The molecule has 0 bridgehead atoms. The maximum absolute atomic E-state index is 9.46. The molecule has 0 aliphatic rings. The minimum absolute atomic E-state index is 0.0328. The summed E-state index contributed by atoms with van der Waals surface area (Å²) in [7, 11) is 1.59. The maximum Gasteiger partial charge on any atom is 0.191 e. The summed E-state index contributed by atoms with van der Waals surface area (Å²) in [4.78, 5) is 0. The molecular formula is C15H14ClN3O3S. The van der Waals surface area contributed by atoms with Crippen molar-refractivity contribution < 1.29 is 14.9 Å². The normalized spacial score (nSPS) is 10.5. The van der Waals surface area contributed by atoms with E-state index in [4.69, 9.17) is 28.6 Å². The van der Waals surface area contributed by atoms with E-state index in [0.717, 1.165) is 11.4 Å². The molecule has 0 aliphatic heterocycles. The van der Waals surface area contributed by atoms with Gasteiger partial charge in [0.1, 0.15) is 5.75 Å². The molecule has 0 saturated heterocycles. The van der Waals surface area contributed by atoms with E-state index in [1.54, 1.807) is 19.2 Å². The van der Waals surface area contributed by atoms with E-state index in [-0.39, 0.29) is 16.5 Å². The first kappa shape index (κ1) is 16.9. The van der Waals surface area contributed by atoms with E-state index in [1.807, 2.05) is 12.1 Å². The number of thiocarbonyl (C=S) groups is 1. The third-order valence-corrected chi connectivity index (χ3v) is 3.27. The zero-order chi connectivity index (χ0) is 16.8. The van der Waals surface area contributed by atoms with Gasteiger partial charge < -0.3 is 20.3 Å². The summed E-state index contributed by atoms with van der Waals surface area (Å²) in [6, 6.07) is 10.0. The number of methoxy groups -OCH3 is 1. The van der Waals surface area contributed by atoms with E-state index in [9.17, 15) is 10.2 Å². The van der Waals surface area contributed by atoms with Crippen LogP contribution in [0.5, 0.6) is 17.2 Å². The average molecular weight is 352 g/mol. The van der Waals surface area contributed by atoms with Crippen LogP contribution in [0.15, 0.2) is 41.5 Å². The van der Waals surface area contributed by atoms with Gasteiger partial charge in [0.05, 0.1) is 18.3 Å². The number of phenolic OH excluding ortho intramolecular Hbond substituents is 2. The van der Waals surface area contributed by atoms with Crippen molar-refractivity contribution in [3.63, 3.8) is 0 Å². The van der Waals surface area contributed by atoms with Crippen molar-refractivity contribution in [2.24, 2.45) is 5.10 Å². The molecule has 2 rings (SSSR count). The molecule has 2 aromatic carbocycles. The van der Waals surface area contributed by atoms with Crippen LogP contribution in [0.4, 0.5) is 5.69 Å². The second kappa shape index (κ2) is 7.66. The lowest BCUT2D eigenvalue weighted by Gasteiger charge is -2.07. The highest BCUT2D eigenvalue weighted by Crippen LogP contribution is 2.33. The van der Waals surface area contributed by atoms with E-state index < -0.39 is 0 Å². The smallest absolute Gasteiger partial charge is 0.191 e. The number of phenols is 2. The first-order valence-electron chi connectivity index (χ1n) is 6.45. The van der Waals surface area contributed by atoms with Gasteiger partial charge in [-0.1, -0.05) is 11.6 Å². The Balaban J connectivity index is 1.93. The van der Waals surface area contributed by atoms with Crippen LogP contribution >= 0.6 is 23.8 Å². The molecule has 0 amide bonds. The van der Waals surface area contributed by atoms with Crippen LogP contribution in [0.2, 0.25) is 5.02 Å². The molecule has 4 N–H and O–H groups in total. The molecule has 0 spiro atoms. The van der Waals surface area contributed by atoms with Gasteiger partial charge in [-0.3, -0.25) is 5.43 Å². The van der Waals surface area contributed by atoms with Crippen LogP contribution in [-0.2, 0) is 0 Å². The third-order valence-electron chi connectivity index (χ3n) is 2.79. The van der Waals surface area contributed by atoms with E-state index in [2.05, 4.69) is 15.8 Å². The van der Waals surface area contributed by atoms with Crippen LogP contribution in [0.3, 0.4) is 0 Å². The number of aromatic hydroxyl groups is 2. The van der Waals surface area contributed by atoms with Gasteiger partial charge >= 0.3 is 0 Å². The van der Waals surface area contributed by atoms with Crippen molar-refractivity contribution in [3.8, 4) is 17.2 Å². The van der Waals surface area contributed by atoms with E-state index >= 15 is 0 Å². The number of benzene rings is 2. The van der Waals surface area contributed by atoms with Gasteiger partial charge in [-0.05, 0) is 54.2 Å². The maximum atomic E-state index is 9.46. The van der Waals surface area contributed by atoms with E-state index in [1.165, 1.54) is 18.3 Å². The molecule has 8 heteroatoms. The quantitative estimate of drug-likeness (QED) is 0.293. The van der Waals surface area contributed by atoms with Crippen LogP contribution < -0.4 is 15.5 Å². The van der Waals surface area contributed by atoms with Crippen LogP contribution in [0.25, 0.3) is 0 Å². The number of hydrogen-bond donors (Lipinski definition) is 4. The molecule has 0 heterocycles. The topological polar surface area (TPSA) is 86.1 Å². The molecule has 0 fully saturated rings. The van der Waals surface area contributed by atoms with Crippen LogP contribution in [-0.4, -0.2) is 28.6 Å². The average Bonchev–Trinajstić information content (AvgIpc) is 2.53. The number of nitrogens with one attached hydrogen (secondary N) is 2. The number of hydrazone groups is 1. The summed E-state index contributed by atoms with van der Waals surface area (Å²) in [6.45, 7) is 0. The molecule has 0 saturated carbocycles. The summed E-state index contributed by atoms with van der Waals surface area (Å²) in [5.74, 6) is 0.0582. The van der Waals surface area contributed by atoms with Crippen molar-refractivity contribution >= 4 is 40.8 Å². The molecule has 0 atom stereocenters. The van der Waals surface area contributed by atoms with Gasteiger partial charge in [-0.25, -0.2) is 0 Å². The summed E-state index contributed by atoms with van der Waals surface area (Å²) in [5, 5.41) is 26.0. The van der Waals surface area contributed by atoms with Gasteiger partial charge in [0.25, 0.3) is 0 Å². The summed E-state index contributed by atoms with van der Waals surface area (Å²) in [5.41, 5.74) is 3.92. The fourth-order valence-electron chi connectivity index (χ4n) is 1.68. The van der Waals surface area contributed by atoms with Crippen molar-refractivity contribution in [2.75, 3.05) is 12.4 Å². The molecular weight excluding hydrogens is 338 g/mol. The Kier molecular flexibility index (Phi) is 5.61. The van der Waals surface area contributed by atoms with Crippen molar-refractivity contribution in [2.45, 2.75) is 0 Å². The number of halogens is 1. The second-order valence-electron chi connectivity index (χ2n) is 4.42. The van der Waals surface area contributed by atoms with Gasteiger partial charge in [0.15, 0.2) is 16.6 Å². The second-order valence-corrected chi connectivity index (χ2v) is 5.24. The Morgan fingerprint density at radius 3 is 2.57 bits per heavy atom. The van der Waals surface area contributed by atoms with Gasteiger partial charge in [-0.2, -0.15) is 5.10 Å². The Morgan fingerprint density at radius 2 is 1.96 bits per heavy atom. The fraction of sp³-hybridized carbons (Fsp3) is 0.0667. The first-order chi connectivity index (χ1) is 11.0. The number of nitrogens with zero attached hydrogens (tertiary/aromatic N) is 1. The number of rotatable bonds is 4. The Morgan fingerprint density at radius 1 is 1.26 bits per heavy atom. The third kappa shape index (κ3) is 4.73. The van der Waals surface area contributed by atoms with E-state index in [0.29, 0.717) is 10.7 Å². The Bertz CT molecular complexity index is 712. The predicted molar refractivity (Wildman–Crippen MR) is 94.7 cm³/mol.